The number of nitrogens with one attached hydrogen (secondary N) is 4. The van der Waals surface area contributed by atoms with Crippen LogP contribution in [0.1, 0.15) is 26.3 Å². The van der Waals surface area contributed by atoms with E-state index < -0.39 is 11.2 Å². The summed E-state index contributed by atoms with van der Waals surface area (Å²) in [5.41, 5.74) is 3.87. The molecule has 0 aliphatic carbocycles. The predicted molar refractivity (Wildman–Crippen MR) is 123 cm³/mol. The molecule has 1 aliphatic heterocycles. The Labute approximate surface area is 180 Å². The second-order valence-electron chi connectivity index (χ2n) is 7.37. The summed E-state index contributed by atoms with van der Waals surface area (Å²) in [6, 6.07) is 7.66. The van der Waals surface area contributed by atoms with E-state index in [-0.39, 0.29) is 5.69 Å². The van der Waals surface area contributed by atoms with Crippen LogP contribution in [0.4, 0.5) is 11.5 Å². The van der Waals surface area contributed by atoms with Crippen molar-refractivity contribution in [3.63, 3.8) is 0 Å². The van der Waals surface area contributed by atoms with E-state index in [4.69, 9.17) is 11.6 Å². The van der Waals surface area contributed by atoms with E-state index in [9.17, 15) is 9.59 Å². The fourth-order valence-electron chi connectivity index (χ4n) is 3.09. The number of rotatable bonds is 6. The van der Waals surface area contributed by atoms with Gasteiger partial charge in [-0.3, -0.25) is 14.8 Å². The Morgan fingerprint density at radius 3 is 2.63 bits per heavy atom. The van der Waals surface area contributed by atoms with Gasteiger partial charge in [-0.2, -0.15) is 0 Å². The summed E-state index contributed by atoms with van der Waals surface area (Å²) >= 11 is 6.22. The summed E-state index contributed by atoms with van der Waals surface area (Å²) in [4.78, 5) is 31.1. The molecule has 2 aromatic rings. The molecule has 7 nitrogen and oxygen atoms in total. The Bertz CT molecular complexity index is 1140. The molecule has 0 atom stereocenters. The first-order chi connectivity index (χ1) is 14.3. The maximum Gasteiger partial charge on any atom is 0.327 e. The van der Waals surface area contributed by atoms with Crippen LogP contribution in [0, 0.1) is 0 Å². The van der Waals surface area contributed by atoms with Gasteiger partial charge in [0.2, 0.25) is 0 Å². The van der Waals surface area contributed by atoms with Crippen molar-refractivity contribution in [2.24, 2.45) is 0 Å². The second kappa shape index (κ2) is 9.19. The van der Waals surface area contributed by atoms with Gasteiger partial charge in [0.1, 0.15) is 11.5 Å². The number of allylic oxidation sites excluding steroid dienone is 3. The van der Waals surface area contributed by atoms with Crippen molar-refractivity contribution in [2.75, 3.05) is 23.3 Å². The van der Waals surface area contributed by atoms with Crippen molar-refractivity contribution in [1.29, 1.82) is 0 Å². The largest absolute Gasteiger partial charge is 0.347 e. The van der Waals surface area contributed by atoms with E-state index in [0.29, 0.717) is 36.2 Å². The zero-order valence-electron chi connectivity index (χ0n) is 17.4. The normalized spacial score (nSPS) is 14.5. The lowest BCUT2D eigenvalue weighted by molar-refractivity contribution is 0.676. The molecule has 1 aromatic heterocycles. The van der Waals surface area contributed by atoms with Crippen molar-refractivity contribution >= 4 is 23.1 Å². The Hall–Kier alpha value is -3.03. The number of halogens is 1. The van der Waals surface area contributed by atoms with Gasteiger partial charge in [0.25, 0.3) is 5.56 Å². The third-order valence-corrected chi connectivity index (χ3v) is 5.36. The third kappa shape index (κ3) is 4.75. The van der Waals surface area contributed by atoms with Gasteiger partial charge in [-0.1, -0.05) is 47.5 Å². The zero-order valence-corrected chi connectivity index (χ0v) is 18.1. The number of benzene rings is 1. The highest BCUT2D eigenvalue weighted by Crippen LogP contribution is 2.32. The SMILES string of the molecule is C=C1Nc2c([nH]c(=O)[nH]c2=O)N(CCNCc2ccccc2Cl)/C1=C/C(C)=C(C)C. The Morgan fingerprint density at radius 1 is 1.20 bits per heavy atom. The Balaban J connectivity index is 1.89. The average molecular weight is 428 g/mol. The molecule has 0 radical (unpaired) electrons. The number of aromatic amines is 2. The summed E-state index contributed by atoms with van der Waals surface area (Å²) in [7, 11) is 0. The van der Waals surface area contributed by atoms with Crippen LogP contribution in [0.2, 0.25) is 5.02 Å². The first kappa shape index (κ1) is 21.7. The molecule has 1 aromatic carbocycles. The van der Waals surface area contributed by atoms with Gasteiger partial charge in [0, 0.05) is 24.7 Å². The van der Waals surface area contributed by atoms with Crippen molar-refractivity contribution in [1.82, 2.24) is 15.3 Å². The summed E-state index contributed by atoms with van der Waals surface area (Å²) in [6.45, 7) is 11.9. The molecular weight excluding hydrogens is 402 g/mol. The molecule has 2 heterocycles. The molecule has 1 aliphatic rings. The molecule has 0 spiro atoms. The monoisotopic (exact) mass is 427 g/mol. The third-order valence-electron chi connectivity index (χ3n) is 5.00. The molecule has 3 rings (SSSR count). The van der Waals surface area contributed by atoms with Crippen LogP contribution in [0.3, 0.4) is 0 Å². The highest BCUT2D eigenvalue weighted by atomic mass is 35.5. The van der Waals surface area contributed by atoms with Crippen LogP contribution >= 0.6 is 11.6 Å². The molecule has 158 valence electrons. The molecule has 4 N–H and O–H groups in total. The summed E-state index contributed by atoms with van der Waals surface area (Å²) < 4.78 is 0. The molecule has 0 amide bonds. The number of anilines is 2. The number of hydrogen-bond donors (Lipinski definition) is 4. The smallest absolute Gasteiger partial charge is 0.327 e. The lowest BCUT2D eigenvalue weighted by atomic mass is 10.1. The van der Waals surface area contributed by atoms with Gasteiger partial charge < -0.3 is 15.5 Å². The maximum atomic E-state index is 12.3. The van der Waals surface area contributed by atoms with E-state index in [1.165, 1.54) is 0 Å². The minimum Gasteiger partial charge on any atom is -0.347 e. The zero-order chi connectivity index (χ0) is 21.8. The van der Waals surface area contributed by atoms with Crippen LogP contribution in [0.25, 0.3) is 0 Å². The maximum absolute atomic E-state index is 12.3. The molecule has 0 bridgehead atoms. The van der Waals surface area contributed by atoms with Crippen LogP contribution < -0.4 is 26.8 Å². The molecule has 30 heavy (non-hydrogen) atoms. The van der Waals surface area contributed by atoms with Crippen LogP contribution in [0.5, 0.6) is 0 Å². The number of fused-ring (bicyclic) bond motifs is 1. The van der Waals surface area contributed by atoms with Crippen molar-refractivity contribution in [2.45, 2.75) is 27.3 Å². The second-order valence-corrected chi connectivity index (χ2v) is 7.78. The van der Waals surface area contributed by atoms with Crippen molar-refractivity contribution in [3.05, 3.63) is 90.9 Å². The summed E-state index contributed by atoms with van der Waals surface area (Å²) in [5, 5.41) is 7.10. The van der Waals surface area contributed by atoms with Crippen LogP contribution in [-0.2, 0) is 6.54 Å². The number of hydrogen-bond acceptors (Lipinski definition) is 5. The lowest BCUT2D eigenvalue weighted by Crippen LogP contribution is -2.40. The Kier molecular flexibility index (Phi) is 6.64. The van der Waals surface area contributed by atoms with E-state index >= 15 is 0 Å². The summed E-state index contributed by atoms with van der Waals surface area (Å²) in [6.07, 6.45) is 2.00. The molecule has 0 saturated carbocycles. The number of nitrogens with zero attached hydrogens (tertiary/aromatic N) is 1. The van der Waals surface area contributed by atoms with Crippen molar-refractivity contribution < 1.29 is 0 Å². The highest BCUT2D eigenvalue weighted by molar-refractivity contribution is 6.31. The minimum absolute atomic E-state index is 0.276. The van der Waals surface area contributed by atoms with Gasteiger partial charge in [-0.05, 0) is 38.5 Å². The predicted octanol–water partition coefficient (Wildman–Crippen LogP) is 3.49. The van der Waals surface area contributed by atoms with Gasteiger partial charge in [0.05, 0.1) is 11.4 Å². The summed E-state index contributed by atoms with van der Waals surface area (Å²) in [5.74, 6) is 0.420. The lowest BCUT2D eigenvalue weighted by Gasteiger charge is -2.34. The number of aromatic nitrogens is 2. The molecule has 8 heteroatoms. The highest BCUT2D eigenvalue weighted by Gasteiger charge is 2.27. The first-order valence-electron chi connectivity index (χ1n) is 9.68. The molecule has 0 fully saturated rings. The standard InChI is InChI=1S/C22H26ClN5O2/c1-13(2)14(3)11-18-15(4)25-19-20(26-22(30)27-21(19)29)28(18)10-9-24-12-16-7-5-6-8-17(16)23/h5-8,11,24-25H,4,9-10,12H2,1-3H3,(H2,26,27,29,30)/b18-11+. The quantitative estimate of drug-likeness (QED) is 0.529. The molecule has 0 saturated heterocycles. The van der Waals surface area contributed by atoms with E-state index in [1.807, 2.05) is 56.0 Å². The van der Waals surface area contributed by atoms with Gasteiger partial charge >= 0.3 is 5.69 Å². The van der Waals surface area contributed by atoms with Gasteiger partial charge in [0.15, 0.2) is 0 Å². The van der Waals surface area contributed by atoms with E-state index in [1.54, 1.807) is 0 Å². The molecule has 0 unspecified atom stereocenters. The van der Waals surface area contributed by atoms with E-state index in [2.05, 4.69) is 27.2 Å². The van der Waals surface area contributed by atoms with Crippen molar-refractivity contribution in [3.8, 4) is 0 Å². The number of H-pyrrole nitrogens is 2. The fraction of sp³-hybridized carbons (Fsp3) is 0.273. The van der Waals surface area contributed by atoms with E-state index in [0.717, 1.165) is 22.4 Å². The van der Waals surface area contributed by atoms with Crippen LogP contribution in [0.15, 0.2) is 69.0 Å². The molecular formula is C22H26ClN5O2. The van der Waals surface area contributed by atoms with Gasteiger partial charge in [-0.25, -0.2) is 4.79 Å². The first-order valence-corrected chi connectivity index (χ1v) is 10.1. The van der Waals surface area contributed by atoms with Gasteiger partial charge in [-0.15, -0.1) is 0 Å². The average Bonchev–Trinajstić information content (AvgIpc) is 2.69. The van der Waals surface area contributed by atoms with Crippen LogP contribution in [-0.4, -0.2) is 23.1 Å². The Morgan fingerprint density at radius 2 is 1.93 bits per heavy atom. The topological polar surface area (TPSA) is 93.0 Å². The minimum atomic E-state index is -0.555. The fourth-order valence-corrected chi connectivity index (χ4v) is 3.30.